The van der Waals surface area contributed by atoms with E-state index < -0.39 is 36.9 Å². The van der Waals surface area contributed by atoms with Crippen molar-refractivity contribution in [2.45, 2.75) is 346 Å². The lowest BCUT2D eigenvalue weighted by molar-refractivity contribution is -0.132. The minimum absolute atomic E-state index is 0.376. The summed E-state index contributed by atoms with van der Waals surface area (Å²) in [7, 11) is 0. The van der Waals surface area contributed by atoms with E-state index in [4.69, 9.17) is 0 Å². The lowest BCUT2D eigenvalue weighted by atomic mass is 9.99. The number of amides is 1. The van der Waals surface area contributed by atoms with Crippen LogP contribution in [0.15, 0.2) is 0 Å². The van der Waals surface area contributed by atoms with Crippen LogP contribution in [-0.2, 0) is 4.79 Å². The van der Waals surface area contributed by atoms with Crippen LogP contribution in [-0.4, -0.2) is 57.3 Å². The third-order valence-corrected chi connectivity index (χ3v) is 13.8. The van der Waals surface area contributed by atoms with Crippen LogP contribution in [0.5, 0.6) is 0 Å². The second kappa shape index (κ2) is 51.3. The highest BCUT2D eigenvalue weighted by atomic mass is 16.3. The van der Waals surface area contributed by atoms with Crippen molar-refractivity contribution >= 4 is 5.91 Å². The molecule has 1 amide bonds. The molecule has 0 saturated carbocycles. The molecule has 0 heterocycles. The van der Waals surface area contributed by atoms with E-state index in [1.807, 2.05) is 0 Å². The van der Waals surface area contributed by atoms with E-state index in [0.29, 0.717) is 12.8 Å². The number of carbonyl (C=O) groups excluding carboxylic acids is 1. The lowest BCUT2D eigenvalue weighted by Gasteiger charge is -2.27. The second-order valence-corrected chi connectivity index (χ2v) is 20.0. The molecular formula is C56H113NO5. The number of rotatable bonds is 53. The molecule has 0 saturated heterocycles. The second-order valence-electron chi connectivity index (χ2n) is 20.0. The summed E-state index contributed by atoms with van der Waals surface area (Å²) in [5.41, 5.74) is 0. The van der Waals surface area contributed by atoms with Crippen LogP contribution >= 0.6 is 0 Å². The molecule has 4 atom stereocenters. The fourth-order valence-electron chi connectivity index (χ4n) is 9.35. The standard InChI is InChI=1S/C56H113NO5/c1-3-5-7-9-11-13-15-17-19-21-23-24-25-26-27-28-29-30-31-32-34-36-38-40-42-44-46-48-50-54(60)56(62)57-52(51-58)55(61)53(59)49-47-45-43-41-39-37-35-33-22-20-18-16-14-12-10-8-6-4-2/h52-55,58-61H,3-51H2,1-2H3,(H,57,62). The van der Waals surface area contributed by atoms with Crippen LogP contribution < -0.4 is 5.32 Å². The van der Waals surface area contributed by atoms with Gasteiger partial charge in [-0.2, -0.15) is 0 Å². The van der Waals surface area contributed by atoms with Crippen LogP contribution in [0.4, 0.5) is 0 Å². The van der Waals surface area contributed by atoms with E-state index in [1.165, 1.54) is 257 Å². The number of carbonyl (C=O) groups is 1. The Morgan fingerprint density at radius 1 is 0.339 bits per heavy atom. The average Bonchev–Trinajstić information content (AvgIpc) is 3.28. The molecule has 0 rings (SSSR count). The van der Waals surface area contributed by atoms with Gasteiger partial charge in [0.05, 0.1) is 18.8 Å². The predicted molar refractivity (Wildman–Crippen MR) is 270 cm³/mol. The molecule has 4 unspecified atom stereocenters. The zero-order valence-electron chi connectivity index (χ0n) is 42.2. The molecule has 5 N–H and O–H groups in total. The van der Waals surface area contributed by atoms with Crippen LogP contribution in [0, 0.1) is 0 Å². The number of hydrogen-bond acceptors (Lipinski definition) is 5. The van der Waals surface area contributed by atoms with Crippen molar-refractivity contribution < 1.29 is 25.2 Å². The lowest BCUT2D eigenvalue weighted by Crippen LogP contribution is -2.53. The smallest absolute Gasteiger partial charge is 0.249 e. The van der Waals surface area contributed by atoms with E-state index in [0.717, 1.165) is 38.5 Å². The first-order valence-electron chi connectivity index (χ1n) is 28.4. The fraction of sp³-hybridized carbons (Fsp3) is 0.982. The molecule has 0 aliphatic rings. The van der Waals surface area contributed by atoms with E-state index in [9.17, 15) is 25.2 Å². The van der Waals surface area contributed by atoms with E-state index in [-0.39, 0.29) is 0 Å². The highest BCUT2D eigenvalue weighted by Gasteiger charge is 2.28. The highest BCUT2D eigenvalue weighted by molar-refractivity contribution is 5.80. The summed E-state index contributed by atoms with van der Waals surface area (Å²) in [6.07, 6.45) is 58.9. The molecule has 0 aromatic rings. The van der Waals surface area contributed by atoms with Crippen molar-refractivity contribution in [3.63, 3.8) is 0 Å². The summed E-state index contributed by atoms with van der Waals surface area (Å²) >= 11 is 0. The number of nitrogens with one attached hydrogen (secondary N) is 1. The Labute approximate surface area is 388 Å². The number of unbranched alkanes of at least 4 members (excludes halogenated alkanes) is 44. The summed E-state index contributed by atoms with van der Waals surface area (Å²) in [6, 6.07) is -0.980. The van der Waals surface area contributed by atoms with Crippen molar-refractivity contribution in [3.05, 3.63) is 0 Å². The maximum atomic E-state index is 12.6. The van der Waals surface area contributed by atoms with Gasteiger partial charge in [-0.3, -0.25) is 4.79 Å². The molecule has 372 valence electrons. The molecule has 0 aromatic heterocycles. The molecule has 0 bridgehead atoms. The first-order chi connectivity index (χ1) is 30.5. The van der Waals surface area contributed by atoms with Gasteiger partial charge in [-0.25, -0.2) is 0 Å². The zero-order chi connectivity index (χ0) is 45.2. The van der Waals surface area contributed by atoms with Crippen LogP contribution in [0.3, 0.4) is 0 Å². The maximum Gasteiger partial charge on any atom is 0.249 e. The van der Waals surface area contributed by atoms with Gasteiger partial charge in [-0.15, -0.1) is 0 Å². The molecular weight excluding hydrogens is 767 g/mol. The first kappa shape index (κ1) is 61.3. The number of aliphatic hydroxyl groups excluding tert-OH is 4. The van der Waals surface area contributed by atoms with Crippen molar-refractivity contribution in [1.29, 1.82) is 0 Å². The molecule has 0 aliphatic heterocycles. The Bertz CT molecular complexity index is 856. The zero-order valence-corrected chi connectivity index (χ0v) is 42.2. The summed E-state index contributed by atoms with van der Waals surface area (Å²) in [6.45, 7) is 4.10. The normalized spacial score (nSPS) is 13.7. The third-order valence-electron chi connectivity index (χ3n) is 13.8. The minimum Gasteiger partial charge on any atom is -0.394 e. The van der Waals surface area contributed by atoms with Gasteiger partial charge < -0.3 is 25.7 Å². The van der Waals surface area contributed by atoms with Crippen molar-refractivity contribution in [2.24, 2.45) is 0 Å². The van der Waals surface area contributed by atoms with Gasteiger partial charge >= 0.3 is 0 Å². The molecule has 0 aliphatic carbocycles. The summed E-state index contributed by atoms with van der Waals surface area (Å²) in [5.74, 6) is -0.575. The van der Waals surface area contributed by atoms with Gasteiger partial charge in [0.15, 0.2) is 0 Å². The predicted octanol–water partition coefficient (Wildman–Crippen LogP) is 16.3. The van der Waals surface area contributed by atoms with Crippen LogP contribution in [0.2, 0.25) is 0 Å². The largest absolute Gasteiger partial charge is 0.394 e. The highest BCUT2D eigenvalue weighted by Crippen LogP contribution is 2.19. The van der Waals surface area contributed by atoms with Gasteiger partial charge in [0, 0.05) is 0 Å². The monoisotopic (exact) mass is 880 g/mol. The molecule has 62 heavy (non-hydrogen) atoms. The Hall–Kier alpha value is -0.690. The van der Waals surface area contributed by atoms with E-state index >= 15 is 0 Å². The quantitative estimate of drug-likeness (QED) is 0.0391. The average molecular weight is 881 g/mol. The van der Waals surface area contributed by atoms with E-state index in [1.54, 1.807) is 0 Å². The van der Waals surface area contributed by atoms with Crippen molar-refractivity contribution in [3.8, 4) is 0 Å². The molecule has 0 spiro atoms. The van der Waals surface area contributed by atoms with Gasteiger partial charge in [0.1, 0.15) is 12.2 Å². The Morgan fingerprint density at radius 3 is 0.774 bits per heavy atom. The molecule has 0 aromatic carbocycles. The van der Waals surface area contributed by atoms with Crippen molar-refractivity contribution in [2.75, 3.05) is 6.61 Å². The molecule has 0 fully saturated rings. The Balaban J connectivity index is 3.56. The maximum absolute atomic E-state index is 12.6. The summed E-state index contributed by atoms with van der Waals surface area (Å²) in [5, 5.41) is 44.0. The fourth-order valence-corrected chi connectivity index (χ4v) is 9.35. The number of hydrogen-bond donors (Lipinski definition) is 5. The molecule has 6 nitrogen and oxygen atoms in total. The topological polar surface area (TPSA) is 110 Å². The van der Waals surface area contributed by atoms with Gasteiger partial charge in [0.2, 0.25) is 5.91 Å². The third kappa shape index (κ3) is 44.5. The van der Waals surface area contributed by atoms with Crippen LogP contribution in [0.25, 0.3) is 0 Å². The number of aliphatic hydroxyl groups is 4. The van der Waals surface area contributed by atoms with Gasteiger partial charge in [-0.05, 0) is 12.8 Å². The van der Waals surface area contributed by atoms with Gasteiger partial charge in [-0.1, -0.05) is 309 Å². The van der Waals surface area contributed by atoms with E-state index in [2.05, 4.69) is 19.2 Å². The Kier molecular flexibility index (Phi) is 50.7. The van der Waals surface area contributed by atoms with Crippen molar-refractivity contribution in [1.82, 2.24) is 5.32 Å². The molecule has 6 heteroatoms. The SMILES string of the molecule is CCCCCCCCCCCCCCCCCCCCCCCCCCCCCCC(O)C(=O)NC(CO)C(O)C(O)CCCCCCCCCCCCCCCCCCCC. The first-order valence-corrected chi connectivity index (χ1v) is 28.4. The summed E-state index contributed by atoms with van der Waals surface area (Å²) in [4.78, 5) is 12.6. The Morgan fingerprint density at radius 2 is 0.548 bits per heavy atom. The van der Waals surface area contributed by atoms with Crippen LogP contribution in [0.1, 0.15) is 322 Å². The molecule has 0 radical (unpaired) electrons. The summed E-state index contributed by atoms with van der Waals surface area (Å²) < 4.78 is 0. The van der Waals surface area contributed by atoms with Gasteiger partial charge in [0.25, 0.3) is 0 Å². The minimum atomic E-state index is -1.25.